The number of nitrogens with zero attached hydrogens (tertiary/aromatic N) is 2. The van der Waals surface area contributed by atoms with Crippen LogP contribution in [0.1, 0.15) is 44.7 Å². The fraction of sp³-hybridized carbons (Fsp3) is 0.632. The van der Waals surface area contributed by atoms with Gasteiger partial charge in [0.25, 0.3) is 0 Å². The molecule has 2 rings (SSSR count). The summed E-state index contributed by atoms with van der Waals surface area (Å²) < 4.78 is 5.38. The van der Waals surface area contributed by atoms with E-state index in [9.17, 15) is 4.79 Å². The molecule has 1 fully saturated rings. The Balaban J connectivity index is 2.11. The number of carbonyl (C=O) groups is 1. The molecule has 1 unspecified atom stereocenters. The number of amides is 2. The summed E-state index contributed by atoms with van der Waals surface area (Å²) in [5, 5.41) is 3.12. The van der Waals surface area contributed by atoms with Crippen LogP contribution in [0.25, 0.3) is 0 Å². The van der Waals surface area contributed by atoms with E-state index in [-0.39, 0.29) is 12.1 Å². The lowest BCUT2D eigenvalue weighted by Crippen LogP contribution is -2.45. The lowest BCUT2D eigenvalue weighted by atomic mass is 10.0. The second-order valence-corrected chi connectivity index (χ2v) is 6.25. The first-order valence-corrected chi connectivity index (χ1v) is 9.10. The van der Waals surface area contributed by atoms with Crippen LogP contribution >= 0.6 is 0 Å². The maximum absolute atomic E-state index is 12.3. The number of hydrogen-bond donors (Lipinski definition) is 1. The summed E-state index contributed by atoms with van der Waals surface area (Å²) in [5.74, 6) is 0.865. The Hall–Kier alpha value is -1.75. The second-order valence-electron chi connectivity index (χ2n) is 6.25. The Morgan fingerprint density at radius 1 is 1.25 bits per heavy atom. The molecular formula is C19H31N3O2. The first-order valence-electron chi connectivity index (χ1n) is 9.10. The van der Waals surface area contributed by atoms with Crippen molar-refractivity contribution in [1.82, 2.24) is 15.1 Å². The standard InChI is InChI=1S/C19H31N3O2/c1-4-21(5-2)19(23)20-15-18(22-12-7-6-8-13-22)16-10-9-11-17(14-16)24-3/h9-11,14,18H,4-8,12-13,15H2,1-3H3,(H,20,23). The monoisotopic (exact) mass is 333 g/mol. The molecule has 5 heteroatoms. The number of ether oxygens (including phenoxy) is 1. The maximum Gasteiger partial charge on any atom is 0.317 e. The average Bonchev–Trinajstić information content (AvgIpc) is 2.64. The number of hydrogen-bond acceptors (Lipinski definition) is 3. The fourth-order valence-corrected chi connectivity index (χ4v) is 3.34. The van der Waals surface area contributed by atoms with Gasteiger partial charge >= 0.3 is 6.03 Å². The quantitative estimate of drug-likeness (QED) is 0.833. The van der Waals surface area contributed by atoms with E-state index in [0.717, 1.165) is 31.9 Å². The number of benzene rings is 1. The lowest BCUT2D eigenvalue weighted by molar-refractivity contribution is 0.155. The third-order valence-electron chi connectivity index (χ3n) is 4.81. The van der Waals surface area contributed by atoms with E-state index < -0.39 is 0 Å². The Bertz CT molecular complexity index is 511. The lowest BCUT2D eigenvalue weighted by Gasteiger charge is -2.35. The minimum atomic E-state index is 0.0184. The molecule has 5 nitrogen and oxygen atoms in total. The molecule has 0 bridgehead atoms. The van der Waals surface area contributed by atoms with E-state index in [4.69, 9.17) is 4.74 Å². The Kier molecular flexibility index (Phi) is 7.37. The van der Waals surface area contributed by atoms with Gasteiger partial charge in [0.2, 0.25) is 0 Å². The predicted molar refractivity (Wildman–Crippen MR) is 97.5 cm³/mol. The molecule has 2 amide bonds. The number of rotatable bonds is 7. The van der Waals surface area contributed by atoms with E-state index >= 15 is 0 Å². The Morgan fingerprint density at radius 2 is 1.96 bits per heavy atom. The SMILES string of the molecule is CCN(CC)C(=O)NCC(c1cccc(OC)c1)N1CCCCC1. The molecule has 0 radical (unpaired) electrons. The average molecular weight is 333 g/mol. The molecule has 0 spiro atoms. The second kappa shape index (κ2) is 9.52. The first-order chi connectivity index (χ1) is 11.7. The molecule has 134 valence electrons. The third-order valence-corrected chi connectivity index (χ3v) is 4.81. The van der Waals surface area contributed by atoms with Gasteiger partial charge in [-0.15, -0.1) is 0 Å². The van der Waals surface area contributed by atoms with Crippen molar-refractivity contribution in [3.05, 3.63) is 29.8 Å². The van der Waals surface area contributed by atoms with Gasteiger partial charge in [0.15, 0.2) is 0 Å². The van der Waals surface area contributed by atoms with Crippen molar-refractivity contribution in [2.45, 2.75) is 39.2 Å². The van der Waals surface area contributed by atoms with Gasteiger partial charge in [-0.3, -0.25) is 4.90 Å². The van der Waals surface area contributed by atoms with Gasteiger partial charge in [-0.25, -0.2) is 4.79 Å². The molecule has 0 saturated carbocycles. The minimum Gasteiger partial charge on any atom is -0.497 e. The highest BCUT2D eigenvalue weighted by Crippen LogP contribution is 2.26. The summed E-state index contributed by atoms with van der Waals surface area (Å²) >= 11 is 0. The van der Waals surface area contributed by atoms with Gasteiger partial charge in [-0.1, -0.05) is 18.6 Å². The highest BCUT2D eigenvalue weighted by atomic mass is 16.5. The number of nitrogens with one attached hydrogen (secondary N) is 1. The number of likely N-dealkylation sites (tertiary alicyclic amines) is 1. The normalized spacial score (nSPS) is 16.5. The van der Waals surface area contributed by atoms with Crippen molar-refractivity contribution in [2.75, 3.05) is 39.8 Å². The smallest absolute Gasteiger partial charge is 0.317 e. The van der Waals surface area contributed by atoms with Crippen LogP contribution in [0.4, 0.5) is 4.79 Å². The van der Waals surface area contributed by atoms with E-state index in [1.54, 1.807) is 7.11 Å². The number of urea groups is 1. The third kappa shape index (κ3) is 4.87. The van der Waals surface area contributed by atoms with Gasteiger partial charge in [0.05, 0.1) is 13.2 Å². The number of carbonyl (C=O) groups excluding carboxylic acids is 1. The molecule has 24 heavy (non-hydrogen) atoms. The Morgan fingerprint density at radius 3 is 2.58 bits per heavy atom. The first kappa shape index (κ1) is 18.6. The summed E-state index contributed by atoms with van der Waals surface area (Å²) in [6.45, 7) is 8.28. The van der Waals surface area contributed by atoms with Crippen LogP contribution in [-0.4, -0.2) is 55.7 Å². The van der Waals surface area contributed by atoms with Crippen LogP contribution in [-0.2, 0) is 0 Å². The van der Waals surface area contributed by atoms with Crippen molar-refractivity contribution in [1.29, 1.82) is 0 Å². The summed E-state index contributed by atoms with van der Waals surface area (Å²) in [7, 11) is 1.69. The topological polar surface area (TPSA) is 44.8 Å². The summed E-state index contributed by atoms with van der Waals surface area (Å²) in [6, 6.07) is 8.42. The van der Waals surface area contributed by atoms with Crippen LogP contribution in [0.15, 0.2) is 24.3 Å². The molecule has 1 aliphatic heterocycles. The van der Waals surface area contributed by atoms with Crippen LogP contribution in [0.3, 0.4) is 0 Å². The fourth-order valence-electron chi connectivity index (χ4n) is 3.34. The molecule has 1 heterocycles. The van der Waals surface area contributed by atoms with Gasteiger partial charge in [0, 0.05) is 19.6 Å². The van der Waals surface area contributed by atoms with Crippen LogP contribution < -0.4 is 10.1 Å². The molecule has 1 aromatic rings. The maximum atomic E-state index is 12.3. The zero-order chi connectivity index (χ0) is 17.4. The van der Waals surface area contributed by atoms with E-state index in [1.165, 1.54) is 24.8 Å². The highest BCUT2D eigenvalue weighted by Gasteiger charge is 2.23. The zero-order valence-electron chi connectivity index (χ0n) is 15.3. The van der Waals surface area contributed by atoms with E-state index in [1.807, 2.05) is 30.9 Å². The number of piperidine rings is 1. The highest BCUT2D eigenvalue weighted by molar-refractivity contribution is 5.74. The van der Waals surface area contributed by atoms with Crippen LogP contribution in [0, 0.1) is 0 Å². The molecule has 1 N–H and O–H groups in total. The van der Waals surface area contributed by atoms with Gasteiger partial charge < -0.3 is 15.0 Å². The largest absolute Gasteiger partial charge is 0.497 e. The van der Waals surface area contributed by atoms with Crippen molar-refractivity contribution < 1.29 is 9.53 Å². The van der Waals surface area contributed by atoms with Crippen molar-refractivity contribution in [2.24, 2.45) is 0 Å². The molecule has 1 saturated heterocycles. The molecule has 1 aromatic carbocycles. The molecular weight excluding hydrogens is 302 g/mol. The van der Waals surface area contributed by atoms with Crippen molar-refractivity contribution in [3.63, 3.8) is 0 Å². The van der Waals surface area contributed by atoms with Gasteiger partial charge in [0.1, 0.15) is 5.75 Å². The summed E-state index contributed by atoms with van der Waals surface area (Å²) in [4.78, 5) is 16.6. The van der Waals surface area contributed by atoms with Crippen molar-refractivity contribution >= 4 is 6.03 Å². The molecule has 1 aliphatic rings. The number of methoxy groups -OCH3 is 1. The molecule has 0 aromatic heterocycles. The summed E-state index contributed by atoms with van der Waals surface area (Å²) in [6.07, 6.45) is 3.75. The van der Waals surface area contributed by atoms with Crippen LogP contribution in [0.5, 0.6) is 5.75 Å². The van der Waals surface area contributed by atoms with Crippen molar-refractivity contribution in [3.8, 4) is 5.75 Å². The summed E-state index contributed by atoms with van der Waals surface area (Å²) in [5.41, 5.74) is 1.20. The Labute approximate surface area is 146 Å². The van der Waals surface area contributed by atoms with Gasteiger partial charge in [-0.2, -0.15) is 0 Å². The van der Waals surface area contributed by atoms with E-state index in [0.29, 0.717) is 6.54 Å². The minimum absolute atomic E-state index is 0.0184. The van der Waals surface area contributed by atoms with Crippen LogP contribution in [0.2, 0.25) is 0 Å². The zero-order valence-corrected chi connectivity index (χ0v) is 15.3. The predicted octanol–water partition coefficient (Wildman–Crippen LogP) is 3.27. The molecule has 0 aliphatic carbocycles. The molecule has 1 atom stereocenters. The van der Waals surface area contributed by atoms with Gasteiger partial charge in [-0.05, 0) is 57.5 Å². The van der Waals surface area contributed by atoms with E-state index in [2.05, 4.69) is 22.3 Å².